The van der Waals surface area contributed by atoms with Crippen molar-refractivity contribution in [2.75, 3.05) is 21.3 Å². The molecule has 0 fully saturated rings. The third-order valence-corrected chi connectivity index (χ3v) is 3.46. The van der Waals surface area contributed by atoms with Crippen LogP contribution >= 0.6 is 12.4 Å². The second-order valence-electron chi connectivity index (χ2n) is 4.88. The highest BCUT2D eigenvalue weighted by Gasteiger charge is 2.19. The van der Waals surface area contributed by atoms with E-state index in [0.29, 0.717) is 23.8 Å². The maximum Gasteiger partial charge on any atom is 0.224 e. The van der Waals surface area contributed by atoms with E-state index in [-0.39, 0.29) is 30.3 Å². The molecule has 0 aromatic heterocycles. The SMILES string of the molecule is COc1cc(OC)c(CNC(=O)C(C)C(C)N)c(OC)c1.Cl. The van der Waals surface area contributed by atoms with E-state index in [1.165, 1.54) is 0 Å². The zero-order valence-electron chi connectivity index (χ0n) is 13.6. The van der Waals surface area contributed by atoms with Gasteiger partial charge in [0.25, 0.3) is 0 Å². The third-order valence-electron chi connectivity index (χ3n) is 3.46. The van der Waals surface area contributed by atoms with Crippen LogP contribution in [0.15, 0.2) is 12.1 Å². The van der Waals surface area contributed by atoms with Crippen molar-refractivity contribution < 1.29 is 19.0 Å². The van der Waals surface area contributed by atoms with Crippen molar-refractivity contribution in [2.24, 2.45) is 11.7 Å². The summed E-state index contributed by atoms with van der Waals surface area (Å²) in [5.41, 5.74) is 6.48. The van der Waals surface area contributed by atoms with Crippen molar-refractivity contribution in [3.8, 4) is 17.2 Å². The summed E-state index contributed by atoms with van der Waals surface area (Å²) in [6.07, 6.45) is 0. The highest BCUT2D eigenvalue weighted by Crippen LogP contribution is 2.33. The van der Waals surface area contributed by atoms with E-state index in [1.54, 1.807) is 47.3 Å². The summed E-state index contributed by atoms with van der Waals surface area (Å²) >= 11 is 0. The molecule has 1 amide bonds. The molecule has 0 aliphatic rings. The summed E-state index contributed by atoms with van der Waals surface area (Å²) in [6.45, 7) is 3.90. The number of methoxy groups -OCH3 is 3. The van der Waals surface area contributed by atoms with E-state index in [0.717, 1.165) is 5.56 Å². The van der Waals surface area contributed by atoms with Gasteiger partial charge in [0.1, 0.15) is 17.2 Å². The lowest BCUT2D eigenvalue weighted by molar-refractivity contribution is -0.125. The van der Waals surface area contributed by atoms with Crippen LogP contribution in [0, 0.1) is 5.92 Å². The van der Waals surface area contributed by atoms with Gasteiger partial charge in [-0.2, -0.15) is 0 Å². The van der Waals surface area contributed by atoms with Crippen LogP contribution in [0.3, 0.4) is 0 Å². The zero-order valence-corrected chi connectivity index (χ0v) is 14.5. The fraction of sp³-hybridized carbons (Fsp3) is 0.533. The van der Waals surface area contributed by atoms with E-state index >= 15 is 0 Å². The van der Waals surface area contributed by atoms with Crippen molar-refractivity contribution in [2.45, 2.75) is 26.4 Å². The quantitative estimate of drug-likeness (QED) is 0.794. The van der Waals surface area contributed by atoms with Gasteiger partial charge >= 0.3 is 0 Å². The van der Waals surface area contributed by atoms with Gasteiger partial charge in [0.15, 0.2) is 0 Å². The van der Waals surface area contributed by atoms with E-state index in [1.807, 2.05) is 0 Å². The number of rotatable bonds is 7. The van der Waals surface area contributed by atoms with E-state index < -0.39 is 0 Å². The predicted molar refractivity (Wildman–Crippen MR) is 88.0 cm³/mol. The molecule has 0 saturated carbocycles. The molecule has 1 aromatic rings. The molecule has 2 unspecified atom stereocenters. The van der Waals surface area contributed by atoms with Gasteiger partial charge in [-0.25, -0.2) is 0 Å². The van der Waals surface area contributed by atoms with Gasteiger partial charge < -0.3 is 25.3 Å². The molecule has 1 rings (SSSR count). The summed E-state index contributed by atoms with van der Waals surface area (Å²) in [7, 11) is 4.69. The van der Waals surface area contributed by atoms with Gasteiger partial charge in [-0.3, -0.25) is 4.79 Å². The first-order valence-electron chi connectivity index (χ1n) is 6.76. The number of carbonyl (C=O) groups is 1. The van der Waals surface area contributed by atoms with Gasteiger partial charge in [-0.05, 0) is 6.92 Å². The lowest BCUT2D eigenvalue weighted by Crippen LogP contribution is -2.38. The van der Waals surface area contributed by atoms with Gasteiger partial charge in [-0.1, -0.05) is 6.92 Å². The Bertz CT molecular complexity index is 469. The molecule has 22 heavy (non-hydrogen) atoms. The van der Waals surface area contributed by atoms with Crippen LogP contribution in [0.4, 0.5) is 0 Å². The van der Waals surface area contributed by atoms with Crippen LogP contribution < -0.4 is 25.3 Å². The summed E-state index contributed by atoms with van der Waals surface area (Å²) in [5.74, 6) is 1.45. The Morgan fingerprint density at radius 2 is 1.64 bits per heavy atom. The number of ether oxygens (including phenoxy) is 3. The summed E-state index contributed by atoms with van der Waals surface area (Å²) < 4.78 is 15.9. The van der Waals surface area contributed by atoms with E-state index in [9.17, 15) is 4.79 Å². The normalized spacial score (nSPS) is 12.6. The van der Waals surface area contributed by atoms with Gasteiger partial charge in [-0.15, -0.1) is 12.4 Å². The van der Waals surface area contributed by atoms with Gasteiger partial charge in [0.2, 0.25) is 5.91 Å². The number of nitrogens with two attached hydrogens (primary N) is 1. The Labute approximate surface area is 137 Å². The molecule has 0 radical (unpaired) electrons. The second-order valence-corrected chi connectivity index (χ2v) is 4.88. The van der Waals surface area contributed by atoms with Crippen molar-refractivity contribution in [1.82, 2.24) is 5.32 Å². The predicted octanol–water partition coefficient (Wildman–Crippen LogP) is 1.73. The minimum atomic E-state index is -0.264. The molecule has 0 aliphatic carbocycles. The number of carbonyl (C=O) groups excluding carboxylic acids is 1. The monoisotopic (exact) mass is 332 g/mol. The number of halogens is 1. The summed E-state index contributed by atoms with van der Waals surface area (Å²) in [4.78, 5) is 12.0. The Kier molecular flexibility index (Phi) is 8.67. The maximum atomic E-state index is 12.0. The van der Waals surface area contributed by atoms with Crippen molar-refractivity contribution in [1.29, 1.82) is 0 Å². The van der Waals surface area contributed by atoms with Gasteiger partial charge in [0, 0.05) is 24.1 Å². The molecule has 126 valence electrons. The first-order chi connectivity index (χ1) is 9.94. The molecule has 0 saturated heterocycles. The van der Waals surface area contributed by atoms with E-state index in [2.05, 4.69) is 5.32 Å². The Balaban J connectivity index is 0.00000441. The molecule has 7 heteroatoms. The van der Waals surface area contributed by atoms with Crippen LogP contribution in [-0.4, -0.2) is 33.3 Å². The van der Waals surface area contributed by atoms with Crippen LogP contribution in [-0.2, 0) is 11.3 Å². The Morgan fingerprint density at radius 3 is 2.00 bits per heavy atom. The van der Waals surface area contributed by atoms with Crippen LogP contribution in [0.5, 0.6) is 17.2 Å². The molecule has 0 heterocycles. The molecule has 0 aliphatic heterocycles. The van der Waals surface area contributed by atoms with Crippen molar-refractivity contribution >= 4 is 18.3 Å². The van der Waals surface area contributed by atoms with E-state index in [4.69, 9.17) is 19.9 Å². The van der Waals surface area contributed by atoms with Gasteiger partial charge in [0.05, 0.1) is 33.4 Å². The number of nitrogens with one attached hydrogen (secondary N) is 1. The first-order valence-corrected chi connectivity index (χ1v) is 6.76. The zero-order chi connectivity index (χ0) is 16.0. The number of benzene rings is 1. The third kappa shape index (κ3) is 4.96. The number of hydrogen-bond acceptors (Lipinski definition) is 5. The molecule has 0 spiro atoms. The molecule has 6 nitrogen and oxygen atoms in total. The van der Waals surface area contributed by atoms with Crippen LogP contribution in [0.2, 0.25) is 0 Å². The number of hydrogen-bond donors (Lipinski definition) is 2. The smallest absolute Gasteiger partial charge is 0.224 e. The second kappa shape index (κ2) is 9.38. The largest absolute Gasteiger partial charge is 0.496 e. The fourth-order valence-corrected chi connectivity index (χ4v) is 1.83. The molecule has 0 bridgehead atoms. The molecule has 3 N–H and O–H groups in total. The summed E-state index contributed by atoms with van der Waals surface area (Å²) in [5, 5.41) is 2.85. The van der Waals surface area contributed by atoms with Crippen molar-refractivity contribution in [3.05, 3.63) is 17.7 Å². The standard InChI is InChI=1S/C15H24N2O4.ClH/c1-9(10(2)16)15(18)17-8-12-13(20-4)6-11(19-3)7-14(12)21-5;/h6-7,9-10H,8,16H2,1-5H3,(H,17,18);1H. The molecule has 1 aromatic carbocycles. The minimum Gasteiger partial charge on any atom is -0.496 e. The fourth-order valence-electron chi connectivity index (χ4n) is 1.83. The lowest BCUT2D eigenvalue weighted by atomic mass is 10.0. The molecular formula is C15H25ClN2O4. The highest BCUT2D eigenvalue weighted by atomic mass is 35.5. The Hall–Kier alpha value is -1.66. The Morgan fingerprint density at radius 1 is 1.14 bits per heavy atom. The molecular weight excluding hydrogens is 308 g/mol. The van der Waals surface area contributed by atoms with Crippen LogP contribution in [0.1, 0.15) is 19.4 Å². The maximum absolute atomic E-state index is 12.0. The first kappa shape index (κ1) is 20.3. The molecule has 2 atom stereocenters. The number of amides is 1. The highest BCUT2D eigenvalue weighted by molar-refractivity contribution is 5.85. The topological polar surface area (TPSA) is 82.8 Å². The summed E-state index contributed by atoms with van der Waals surface area (Å²) in [6, 6.07) is 3.29. The average Bonchev–Trinajstić information content (AvgIpc) is 2.50. The minimum absolute atomic E-state index is 0. The lowest BCUT2D eigenvalue weighted by Gasteiger charge is -2.18. The van der Waals surface area contributed by atoms with Crippen LogP contribution in [0.25, 0.3) is 0 Å². The average molecular weight is 333 g/mol. The van der Waals surface area contributed by atoms with Crippen molar-refractivity contribution in [3.63, 3.8) is 0 Å².